The van der Waals surface area contributed by atoms with Gasteiger partial charge in [-0.05, 0) is 42.0 Å². The molecule has 0 saturated carbocycles. The van der Waals surface area contributed by atoms with Crippen LogP contribution in [0.25, 0.3) is 0 Å². The summed E-state index contributed by atoms with van der Waals surface area (Å²) in [5.41, 5.74) is 1.05. The van der Waals surface area contributed by atoms with Crippen molar-refractivity contribution in [2.75, 3.05) is 11.9 Å². The van der Waals surface area contributed by atoms with Crippen LogP contribution in [0.1, 0.15) is 12.0 Å². The minimum Gasteiger partial charge on any atom is -0.394 e. The molecule has 3 atom stereocenters. The predicted octanol–water partition coefficient (Wildman–Crippen LogP) is 2.48. The zero-order valence-corrected chi connectivity index (χ0v) is 16.6. The highest BCUT2D eigenvalue weighted by Crippen LogP contribution is 2.16. The van der Waals surface area contributed by atoms with Gasteiger partial charge in [0.2, 0.25) is 5.91 Å². The van der Waals surface area contributed by atoms with Crippen molar-refractivity contribution in [2.24, 2.45) is 0 Å². The van der Waals surface area contributed by atoms with Crippen LogP contribution in [0.15, 0.2) is 60.7 Å². The van der Waals surface area contributed by atoms with Crippen LogP contribution in [-0.4, -0.2) is 41.9 Å². The van der Waals surface area contributed by atoms with E-state index in [1.807, 2.05) is 0 Å². The van der Waals surface area contributed by atoms with Crippen molar-refractivity contribution in [3.05, 3.63) is 77.9 Å². The number of ether oxygens (including phenoxy) is 1. The highest BCUT2D eigenvalue weighted by atomic mass is 19.1. The fraction of sp³-hybridized carbons (Fsp3) is 0.273. The molecule has 9 heteroatoms. The summed E-state index contributed by atoms with van der Waals surface area (Å²) in [6.45, 7) is -0.183. The van der Waals surface area contributed by atoms with E-state index in [1.165, 1.54) is 36.4 Å². The highest BCUT2D eigenvalue weighted by Gasteiger charge is 2.29. The van der Waals surface area contributed by atoms with Crippen molar-refractivity contribution in [2.45, 2.75) is 31.2 Å². The van der Waals surface area contributed by atoms with Crippen LogP contribution in [0.4, 0.5) is 19.3 Å². The summed E-state index contributed by atoms with van der Waals surface area (Å²) in [5, 5.41) is 17.5. The minimum absolute atomic E-state index is 0.0107. The van der Waals surface area contributed by atoms with Gasteiger partial charge in [0.05, 0.1) is 25.2 Å². The second-order valence-corrected chi connectivity index (χ2v) is 7.02. The normalized spacial score (nSPS) is 20.2. The van der Waals surface area contributed by atoms with Crippen LogP contribution < -0.4 is 16.0 Å². The van der Waals surface area contributed by atoms with Crippen molar-refractivity contribution in [1.29, 1.82) is 0 Å². The SMILES string of the molecule is O=C(C[C@@H]1C=C[C@@H](NC(=O)Nc2ccc(F)cc2)[C@H](CO)O1)NCc1cccc(F)c1. The quantitative estimate of drug-likeness (QED) is 0.506. The summed E-state index contributed by atoms with van der Waals surface area (Å²) in [6, 6.07) is 10.1. The molecular formula is C22H23F2N3O4. The van der Waals surface area contributed by atoms with Crippen LogP contribution in [-0.2, 0) is 16.1 Å². The molecule has 0 bridgehead atoms. The number of amides is 3. The summed E-state index contributed by atoms with van der Waals surface area (Å²) in [6.07, 6.45) is 1.97. The monoisotopic (exact) mass is 431 g/mol. The van der Waals surface area contributed by atoms with Gasteiger partial charge in [-0.25, -0.2) is 13.6 Å². The largest absolute Gasteiger partial charge is 0.394 e. The molecule has 164 valence electrons. The van der Waals surface area contributed by atoms with E-state index in [4.69, 9.17) is 4.74 Å². The molecule has 7 nitrogen and oxygen atoms in total. The summed E-state index contributed by atoms with van der Waals surface area (Å²) in [5.74, 6) is -1.09. The Morgan fingerprint density at radius 2 is 1.81 bits per heavy atom. The predicted molar refractivity (Wildman–Crippen MR) is 110 cm³/mol. The van der Waals surface area contributed by atoms with Crippen molar-refractivity contribution in [1.82, 2.24) is 10.6 Å². The van der Waals surface area contributed by atoms with Crippen LogP contribution in [0.2, 0.25) is 0 Å². The Hall–Kier alpha value is -3.30. The Morgan fingerprint density at radius 1 is 1.03 bits per heavy atom. The van der Waals surface area contributed by atoms with Gasteiger partial charge in [-0.2, -0.15) is 0 Å². The van der Waals surface area contributed by atoms with Crippen LogP contribution in [0.3, 0.4) is 0 Å². The van der Waals surface area contributed by atoms with Crippen molar-refractivity contribution in [3.8, 4) is 0 Å². The Morgan fingerprint density at radius 3 is 2.52 bits per heavy atom. The molecular weight excluding hydrogens is 408 g/mol. The van der Waals surface area contributed by atoms with Gasteiger partial charge in [0.25, 0.3) is 0 Å². The number of hydrogen-bond acceptors (Lipinski definition) is 4. The maximum absolute atomic E-state index is 13.2. The van der Waals surface area contributed by atoms with Gasteiger partial charge in [-0.1, -0.05) is 24.3 Å². The third-order valence-corrected chi connectivity index (χ3v) is 4.63. The van der Waals surface area contributed by atoms with Gasteiger partial charge in [-0.15, -0.1) is 0 Å². The zero-order valence-electron chi connectivity index (χ0n) is 16.6. The number of nitrogens with one attached hydrogen (secondary N) is 3. The summed E-state index contributed by atoms with van der Waals surface area (Å²) < 4.78 is 31.9. The number of halogens is 2. The third-order valence-electron chi connectivity index (χ3n) is 4.63. The second kappa shape index (κ2) is 10.6. The molecule has 2 aromatic rings. The van der Waals surface area contributed by atoms with Gasteiger partial charge in [0, 0.05) is 12.2 Å². The maximum Gasteiger partial charge on any atom is 0.319 e. The Balaban J connectivity index is 1.49. The van der Waals surface area contributed by atoms with Gasteiger partial charge >= 0.3 is 6.03 Å². The molecule has 0 aliphatic carbocycles. The third kappa shape index (κ3) is 6.87. The molecule has 0 aromatic heterocycles. The van der Waals surface area contributed by atoms with E-state index in [9.17, 15) is 23.5 Å². The first-order valence-corrected chi connectivity index (χ1v) is 9.72. The number of anilines is 1. The lowest BCUT2D eigenvalue weighted by molar-refractivity contribution is -0.125. The molecule has 2 aromatic carbocycles. The van der Waals surface area contributed by atoms with E-state index < -0.39 is 30.1 Å². The first-order valence-electron chi connectivity index (χ1n) is 9.72. The molecule has 0 radical (unpaired) electrons. The molecule has 3 rings (SSSR count). The average molecular weight is 431 g/mol. The van der Waals surface area contributed by atoms with Gasteiger partial charge in [-0.3, -0.25) is 4.79 Å². The fourth-order valence-corrected chi connectivity index (χ4v) is 3.09. The van der Waals surface area contributed by atoms with Crippen LogP contribution in [0, 0.1) is 11.6 Å². The standard InChI is InChI=1S/C22H23F2N3O4/c23-15-4-6-17(7-5-15)26-22(30)27-19-9-8-18(31-20(19)13-28)11-21(29)25-12-14-2-1-3-16(24)10-14/h1-10,18-20,28H,11-13H2,(H,25,29)(H2,26,27,30)/t18-,19+,20-/m0/s1. The van der Waals surface area contributed by atoms with E-state index in [0.717, 1.165) is 0 Å². The lowest BCUT2D eigenvalue weighted by atomic mass is 10.0. The first-order chi connectivity index (χ1) is 14.9. The lowest BCUT2D eigenvalue weighted by Crippen LogP contribution is -2.50. The second-order valence-electron chi connectivity index (χ2n) is 7.02. The van der Waals surface area contributed by atoms with E-state index in [-0.39, 0.29) is 31.3 Å². The number of carbonyl (C=O) groups excluding carboxylic acids is 2. The minimum atomic E-state index is -0.745. The van der Waals surface area contributed by atoms with Gasteiger partial charge in [0.1, 0.15) is 17.7 Å². The zero-order chi connectivity index (χ0) is 22.2. The molecule has 1 aliphatic rings. The fourth-order valence-electron chi connectivity index (χ4n) is 3.09. The van der Waals surface area contributed by atoms with Crippen LogP contribution in [0.5, 0.6) is 0 Å². The molecule has 31 heavy (non-hydrogen) atoms. The number of benzene rings is 2. The number of hydrogen-bond donors (Lipinski definition) is 4. The van der Waals surface area contributed by atoms with Crippen molar-refractivity contribution >= 4 is 17.6 Å². The molecule has 1 heterocycles. The number of aliphatic hydroxyl groups is 1. The highest BCUT2D eigenvalue weighted by molar-refractivity contribution is 5.89. The molecule has 0 unspecified atom stereocenters. The molecule has 4 N–H and O–H groups in total. The first kappa shape index (κ1) is 22.4. The number of aliphatic hydroxyl groups excluding tert-OH is 1. The number of carbonyl (C=O) groups is 2. The van der Waals surface area contributed by atoms with E-state index in [2.05, 4.69) is 16.0 Å². The smallest absolute Gasteiger partial charge is 0.319 e. The summed E-state index contributed by atoms with van der Waals surface area (Å²) >= 11 is 0. The molecule has 3 amide bonds. The summed E-state index contributed by atoms with van der Waals surface area (Å²) in [4.78, 5) is 24.3. The van der Waals surface area contributed by atoms with Crippen molar-refractivity contribution < 1.29 is 28.2 Å². The average Bonchev–Trinajstić information content (AvgIpc) is 2.75. The van der Waals surface area contributed by atoms with Gasteiger partial charge < -0.3 is 25.8 Å². The van der Waals surface area contributed by atoms with Crippen molar-refractivity contribution in [3.63, 3.8) is 0 Å². The molecule has 0 saturated heterocycles. The Kier molecular flexibility index (Phi) is 7.69. The molecule has 1 aliphatic heterocycles. The lowest BCUT2D eigenvalue weighted by Gasteiger charge is -2.31. The molecule has 0 spiro atoms. The Bertz CT molecular complexity index is 937. The van der Waals surface area contributed by atoms with E-state index in [0.29, 0.717) is 11.3 Å². The summed E-state index contributed by atoms with van der Waals surface area (Å²) in [7, 11) is 0. The van der Waals surface area contributed by atoms with E-state index in [1.54, 1.807) is 24.3 Å². The van der Waals surface area contributed by atoms with E-state index >= 15 is 0 Å². The van der Waals surface area contributed by atoms with Crippen LogP contribution >= 0.6 is 0 Å². The van der Waals surface area contributed by atoms with Gasteiger partial charge in [0.15, 0.2) is 0 Å². The number of rotatable bonds is 7. The number of urea groups is 1. The maximum atomic E-state index is 13.2. The molecule has 0 fully saturated rings. The Labute approximate surface area is 178 Å². The topological polar surface area (TPSA) is 99.7 Å².